The van der Waals surface area contributed by atoms with E-state index in [1.165, 1.54) is 30.3 Å². The molecule has 0 spiro atoms. The van der Waals surface area contributed by atoms with Crippen LogP contribution >= 0.6 is 0 Å². The minimum Gasteiger partial charge on any atom is -0.467 e. The van der Waals surface area contributed by atoms with Crippen molar-refractivity contribution in [2.24, 2.45) is 0 Å². The first kappa shape index (κ1) is 40.1. The third-order valence-corrected chi connectivity index (χ3v) is 18.5. The van der Waals surface area contributed by atoms with Crippen molar-refractivity contribution in [2.75, 3.05) is 38.6 Å². The molecule has 2 aromatic heterocycles. The van der Waals surface area contributed by atoms with Gasteiger partial charge in [-0.15, -0.1) is 0 Å². The summed E-state index contributed by atoms with van der Waals surface area (Å²) in [5.74, 6) is -1.07. The summed E-state index contributed by atoms with van der Waals surface area (Å²) in [7, 11) is -4.16. The largest absolute Gasteiger partial charge is 0.467 e. The fraction of sp³-hybridized carbons (Fsp3) is 0.543. The van der Waals surface area contributed by atoms with Gasteiger partial charge in [0.05, 0.1) is 24.5 Å². The number of nitrogens with two attached hydrogens (primary N) is 1. The number of benzene rings is 1. The van der Waals surface area contributed by atoms with Gasteiger partial charge in [0.2, 0.25) is 11.8 Å². The zero-order valence-corrected chi connectivity index (χ0v) is 32.7. The molecule has 2 heterocycles. The molecular formula is C35H52F3N5O4Si2. The lowest BCUT2D eigenvalue weighted by molar-refractivity contribution is -0.134. The Morgan fingerprint density at radius 2 is 1.39 bits per heavy atom. The van der Waals surface area contributed by atoms with E-state index >= 15 is 0 Å². The van der Waals surface area contributed by atoms with Gasteiger partial charge < -0.3 is 24.2 Å². The number of hydrogen-bond donors (Lipinski definition) is 1. The lowest BCUT2D eigenvalue weighted by Gasteiger charge is -2.38. The summed E-state index contributed by atoms with van der Waals surface area (Å²) in [6.07, 6.45) is -2.84. The highest BCUT2D eigenvalue weighted by molar-refractivity contribution is 6.74. The van der Waals surface area contributed by atoms with Gasteiger partial charge in [0.1, 0.15) is 11.5 Å². The standard InChI is InChI=1S/C35H52F3N5O4Si2/c1-23-20-25(21-27(40-23)31(37)38)29-30(24-12-14-26(36)15-13-24)41-33(39)42-32(29)45-22-28(44)43(16-18-46-48(8,9)34(2,3)4)17-19-47-49(10,11)35(5,6)7/h12-15,20-21,31H,16-19,22H2,1-11H3,(H2,39,41,42). The number of halogens is 3. The molecule has 3 aromatic rings. The average molecular weight is 720 g/mol. The molecule has 0 aliphatic carbocycles. The van der Waals surface area contributed by atoms with E-state index in [2.05, 4.69) is 82.7 Å². The Kier molecular flexibility index (Phi) is 12.8. The normalized spacial score (nSPS) is 12.8. The number of hydrogen-bond acceptors (Lipinski definition) is 8. The molecule has 0 fully saturated rings. The summed E-state index contributed by atoms with van der Waals surface area (Å²) < 4.78 is 60.4. The number of nitrogen functional groups attached to an aromatic ring is 1. The molecular weight excluding hydrogens is 668 g/mol. The minimum absolute atomic E-state index is 0.00251. The molecule has 2 N–H and O–H groups in total. The zero-order chi connectivity index (χ0) is 36.9. The second-order valence-corrected chi connectivity index (χ2v) is 24.8. The third-order valence-electron chi connectivity index (χ3n) is 9.44. The molecule has 0 aliphatic rings. The van der Waals surface area contributed by atoms with E-state index < -0.39 is 41.2 Å². The van der Waals surface area contributed by atoms with Crippen molar-refractivity contribution in [1.29, 1.82) is 0 Å². The summed E-state index contributed by atoms with van der Waals surface area (Å²) in [6, 6.07) is 8.29. The second-order valence-electron chi connectivity index (χ2n) is 15.2. The average Bonchev–Trinajstić information content (AvgIpc) is 2.97. The van der Waals surface area contributed by atoms with Crippen molar-refractivity contribution >= 4 is 28.5 Å². The van der Waals surface area contributed by atoms with Gasteiger partial charge in [0, 0.05) is 24.3 Å². The monoisotopic (exact) mass is 719 g/mol. The van der Waals surface area contributed by atoms with Crippen LogP contribution in [0.2, 0.25) is 36.3 Å². The molecule has 0 unspecified atom stereocenters. The highest BCUT2D eigenvalue weighted by Crippen LogP contribution is 2.40. The highest BCUT2D eigenvalue weighted by Gasteiger charge is 2.38. The lowest BCUT2D eigenvalue weighted by Crippen LogP contribution is -2.46. The van der Waals surface area contributed by atoms with Gasteiger partial charge in [-0.05, 0) is 85.1 Å². The van der Waals surface area contributed by atoms with E-state index in [0.29, 0.717) is 37.6 Å². The molecule has 0 aliphatic heterocycles. The molecule has 0 saturated carbocycles. The van der Waals surface area contributed by atoms with E-state index in [-0.39, 0.29) is 44.6 Å². The first-order valence-corrected chi connectivity index (χ1v) is 22.2. The molecule has 0 saturated heterocycles. The van der Waals surface area contributed by atoms with Gasteiger partial charge in [-0.3, -0.25) is 9.78 Å². The number of pyridine rings is 1. The number of carbonyl (C=O) groups is 1. The van der Waals surface area contributed by atoms with Gasteiger partial charge in [0.15, 0.2) is 23.2 Å². The van der Waals surface area contributed by atoms with Crippen molar-refractivity contribution in [3.63, 3.8) is 0 Å². The van der Waals surface area contributed by atoms with Crippen molar-refractivity contribution < 1.29 is 31.6 Å². The first-order chi connectivity index (χ1) is 22.5. The van der Waals surface area contributed by atoms with Crippen LogP contribution in [-0.2, 0) is 13.6 Å². The van der Waals surface area contributed by atoms with Gasteiger partial charge in [-0.25, -0.2) is 18.2 Å². The van der Waals surface area contributed by atoms with Crippen LogP contribution in [0.15, 0.2) is 36.4 Å². The van der Waals surface area contributed by atoms with E-state index in [4.69, 9.17) is 19.3 Å². The number of carbonyl (C=O) groups excluding carboxylic acids is 1. The Labute approximate surface area is 291 Å². The molecule has 0 radical (unpaired) electrons. The summed E-state index contributed by atoms with van der Waals surface area (Å²) in [5, 5.41) is -0.00503. The number of ether oxygens (including phenoxy) is 1. The predicted octanol–water partition coefficient (Wildman–Crippen LogP) is 8.42. The predicted molar refractivity (Wildman–Crippen MR) is 193 cm³/mol. The maximum absolute atomic E-state index is 13.9. The van der Waals surface area contributed by atoms with Gasteiger partial charge in [-0.1, -0.05) is 41.5 Å². The van der Waals surface area contributed by atoms with Crippen molar-refractivity contribution in [2.45, 2.75) is 91.2 Å². The molecule has 9 nitrogen and oxygen atoms in total. The number of anilines is 1. The molecule has 0 bridgehead atoms. The first-order valence-electron chi connectivity index (χ1n) is 16.4. The fourth-order valence-electron chi connectivity index (χ4n) is 4.43. The van der Waals surface area contributed by atoms with Crippen LogP contribution in [0, 0.1) is 12.7 Å². The summed E-state index contributed by atoms with van der Waals surface area (Å²) in [4.78, 5) is 28.1. The fourth-order valence-corrected chi connectivity index (χ4v) is 6.50. The lowest BCUT2D eigenvalue weighted by atomic mass is 9.99. The number of rotatable bonds is 14. The number of nitrogens with zero attached hydrogens (tertiary/aromatic N) is 4. The molecule has 3 rings (SSSR count). The summed E-state index contributed by atoms with van der Waals surface area (Å²) in [5.41, 5.74) is 7.15. The van der Waals surface area contributed by atoms with Crippen LogP contribution in [-0.4, -0.2) is 75.3 Å². The number of amides is 1. The SMILES string of the molecule is Cc1cc(-c2c(OCC(=O)N(CCO[Si](C)(C)C(C)(C)C)CCO[Si](C)(C)C(C)(C)C)nc(N)nc2-c2ccc(F)cc2)cc(C(F)F)n1. The molecule has 270 valence electrons. The van der Waals surface area contributed by atoms with Gasteiger partial charge in [0.25, 0.3) is 12.3 Å². The molecule has 1 aromatic carbocycles. The molecule has 49 heavy (non-hydrogen) atoms. The number of aryl methyl sites for hydroxylation is 1. The van der Waals surface area contributed by atoms with Crippen molar-refractivity contribution in [1.82, 2.24) is 19.9 Å². The van der Waals surface area contributed by atoms with Gasteiger partial charge >= 0.3 is 0 Å². The van der Waals surface area contributed by atoms with E-state index in [0.717, 1.165) is 0 Å². The Morgan fingerprint density at radius 3 is 1.88 bits per heavy atom. The molecule has 0 atom stereocenters. The highest BCUT2D eigenvalue weighted by atomic mass is 28.4. The second kappa shape index (κ2) is 15.7. The van der Waals surface area contributed by atoms with Crippen LogP contribution in [0.25, 0.3) is 22.4 Å². The zero-order valence-electron chi connectivity index (χ0n) is 30.7. The van der Waals surface area contributed by atoms with E-state index in [1.807, 2.05) is 0 Å². The summed E-state index contributed by atoms with van der Waals surface area (Å²) >= 11 is 0. The number of aromatic nitrogens is 3. The quantitative estimate of drug-likeness (QED) is 0.165. The molecule has 1 amide bonds. The van der Waals surface area contributed by atoms with Crippen LogP contribution in [0.4, 0.5) is 19.1 Å². The number of alkyl halides is 2. The van der Waals surface area contributed by atoms with Crippen LogP contribution in [0.5, 0.6) is 5.88 Å². The Hall–Kier alpha value is -3.34. The Balaban J connectivity index is 1.98. The van der Waals surface area contributed by atoms with Crippen LogP contribution in [0.3, 0.4) is 0 Å². The summed E-state index contributed by atoms with van der Waals surface area (Å²) in [6.45, 7) is 24.0. The van der Waals surface area contributed by atoms with Gasteiger partial charge in [-0.2, -0.15) is 4.98 Å². The van der Waals surface area contributed by atoms with Crippen molar-refractivity contribution in [3.05, 3.63) is 53.6 Å². The van der Waals surface area contributed by atoms with Crippen LogP contribution in [0.1, 0.15) is 59.4 Å². The Bertz CT molecular complexity index is 1560. The van der Waals surface area contributed by atoms with Crippen molar-refractivity contribution in [3.8, 4) is 28.3 Å². The van der Waals surface area contributed by atoms with E-state index in [1.54, 1.807) is 17.9 Å². The molecule has 14 heteroatoms. The minimum atomic E-state index is -2.84. The maximum Gasteiger partial charge on any atom is 0.280 e. The van der Waals surface area contributed by atoms with Crippen LogP contribution < -0.4 is 10.5 Å². The Morgan fingerprint density at radius 1 is 0.857 bits per heavy atom. The maximum atomic E-state index is 13.9. The third kappa shape index (κ3) is 10.6. The van der Waals surface area contributed by atoms with E-state index in [9.17, 15) is 18.0 Å². The smallest absolute Gasteiger partial charge is 0.280 e. The topological polar surface area (TPSA) is 113 Å².